The minimum atomic E-state index is -0.480. The van der Waals surface area contributed by atoms with Crippen LogP contribution in [0.15, 0.2) is 15.0 Å². The minimum absolute atomic E-state index is 0.156. The molecule has 0 saturated heterocycles. The van der Waals surface area contributed by atoms with Gasteiger partial charge in [0.1, 0.15) is 6.33 Å². The summed E-state index contributed by atoms with van der Waals surface area (Å²) in [5, 5.41) is 0.156. The Morgan fingerprint density at radius 2 is 2.38 bits per heavy atom. The predicted octanol–water partition coefficient (Wildman–Crippen LogP) is 2.59. The number of rotatable bonds is 3. The highest BCUT2D eigenvalue weighted by molar-refractivity contribution is 8.02. The highest BCUT2D eigenvalue weighted by Crippen LogP contribution is 2.35. The second-order valence-electron chi connectivity index (χ2n) is 2.40. The van der Waals surface area contributed by atoms with Crippen molar-refractivity contribution in [3.05, 3.63) is 16.4 Å². The lowest BCUT2D eigenvalue weighted by molar-refractivity contribution is 0.0606. The first-order valence-corrected chi connectivity index (χ1v) is 6.68. The van der Waals surface area contributed by atoms with E-state index in [1.165, 1.54) is 48.1 Å². The Labute approximate surface area is 108 Å². The molecule has 0 bridgehead atoms. The number of methoxy groups -OCH3 is 1. The molecule has 84 valence electrons. The minimum Gasteiger partial charge on any atom is -0.465 e. The van der Waals surface area contributed by atoms with E-state index >= 15 is 0 Å². The van der Waals surface area contributed by atoms with Gasteiger partial charge in [-0.25, -0.2) is 14.8 Å². The molecule has 2 rings (SSSR count). The number of nitrogens with zero attached hydrogens (tertiary/aromatic N) is 3. The van der Waals surface area contributed by atoms with E-state index in [0.29, 0.717) is 9.22 Å². The molecule has 0 amide bonds. The average Bonchev–Trinajstić information content (AvgIpc) is 2.88. The van der Waals surface area contributed by atoms with Crippen LogP contribution < -0.4 is 0 Å². The molecule has 0 aliphatic heterocycles. The van der Waals surface area contributed by atoms with Crippen molar-refractivity contribution in [2.24, 2.45) is 0 Å². The third kappa shape index (κ3) is 2.51. The van der Waals surface area contributed by atoms with E-state index in [-0.39, 0.29) is 5.15 Å². The molecular weight excluding hydrogens is 290 g/mol. The summed E-state index contributed by atoms with van der Waals surface area (Å²) in [5.41, 5.74) is 0. The maximum atomic E-state index is 11.3. The zero-order valence-electron chi connectivity index (χ0n) is 7.84. The average molecular weight is 294 g/mol. The van der Waals surface area contributed by atoms with Gasteiger partial charge in [-0.1, -0.05) is 22.9 Å². The number of carbonyl (C=O) groups excluding carboxylic acids is 1. The zero-order valence-corrected chi connectivity index (χ0v) is 11.0. The number of ether oxygens (including phenoxy) is 1. The molecule has 0 saturated carbocycles. The molecule has 0 radical (unpaired) electrons. The topological polar surface area (TPSA) is 65.0 Å². The molecule has 0 atom stereocenters. The smallest absolute Gasteiger partial charge is 0.351 e. The van der Waals surface area contributed by atoms with Gasteiger partial charge in [-0.2, -0.15) is 4.37 Å². The summed E-state index contributed by atoms with van der Waals surface area (Å²) in [6.45, 7) is 0. The second-order valence-corrected chi connectivity index (χ2v) is 6.03. The van der Waals surface area contributed by atoms with Crippen LogP contribution in [0, 0.1) is 0 Å². The normalized spacial score (nSPS) is 10.4. The van der Waals surface area contributed by atoms with Crippen molar-refractivity contribution in [1.29, 1.82) is 0 Å². The number of hydrogen-bond acceptors (Lipinski definition) is 8. The highest BCUT2D eigenvalue weighted by atomic mass is 35.5. The van der Waals surface area contributed by atoms with Crippen LogP contribution >= 0.6 is 46.2 Å². The fourth-order valence-electron chi connectivity index (χ4n) is 0.828. The van der Waals surface area contributed by atoms with Crippen LogP contribution in [0.1, 0.15) is 9.67 Å². The summed E-state index contributed by atoms with van der Waals surface area (Å²) in [6.07, 6.45) is 1.46. The van der Waals surface area contributed by atoms with Crippen molar-refractivity contribution in [2.45, 2.75) is 8.68 Å². The van der Waals surface area contributed by atoms with E-state index in [1.54, 1.807) is 0 Å². The molecule has 2 aromatic heterocycles. The van der Waals surface area contributed by atoms with Gasteiger partial charge in [-0.15, -0.1) is 0 Å². The van der Waals surface area contributed by atoms with Gasteiger partial charge in [-0.05, 0) is 23.3 Å². The number of thiazole rings is 1. The number of halogens is 1. The van der Waals surface area contributed by atoms with Crippen LogP contribution in [0.3, 0.4) is 0 Å². The van der Waals surface area contributed by atoms with Crippen molar-refractivity contribution in [2.75, 3.05) is 7.11 Å². The molecule has 0 N–H and O–H groups in total. The Balaban J connectivity index is 2.21. The SMILES string of the molecule is COC(=O)c1sc(Sc2ncns2)nc1Cl. The lowest BCUT2D eigenvalue weighted by Gasteiger charge is -1.92. The first kappa shape index (κ1) is 11.8. The van der Waals surface area contributed by atoms with Gasteiger partial charge in [-0.3, -0.25) is 0 Å². The largest absolute Gasteiger partial charge is 0.465 e. The second kappa shape index (κ2) is 5.09. The van der Waals surface area contributed by atoms with E-state index in [0.717, 1.165) is 4.34 Å². The number of esters is 1. The van der Waals surface area contributed by atoms with E-state index in [9.17, 15) is 4.79 Å². The Bertz CT molecular complexity index is 499. The van der Waals surface area contributed by atoms with Crippen molar-refractivity contribution < 1.29 is 9.53 Å². The summed E-state index contributed by atoms with van der Waals surface area (Å²) < 4.78 is 9.83. The summed E-state index contributed by atoms with van der Waals surface area (Å²) >= 11 is 9.56. The van der Waals surface area contributed by atoms with Gasteiger partial charge in [0.05, 0.1) is 7.11 Å². The summed E-state index contributed by atoms with van der Waals surface area (Å²) in [7, 11) is 1.30. The van der Waals surface area contributed by atoms with Crippen LogP contribution in [-0.4, -0.2) is 27.4 Å². The van der Waals surface area contributed by atoms with E-state index in [4.69, 9.17) is 11.6 Å². The van der Waals surface area contributed by atoms with Gasteiger partial charge >= 0.3 is 5.97 Å². The number of carbonyl (C=O) groups is 1. The molecule has 2 heterocycles. The molecule has 0 aliphatic rings. The van der Waals surface area contributed by atoms with E-state index in [1.807, 2.05) is 0 Å². The highest BCUT2D eigenvalue weighted by Gasteiger charge is 2.18. The zero-order chi connectivity index (χ0) is 11.5. The maximum Gasteiger partial charge on any atom is 0.351 e. The van der Waals surface area contributed by atoms with Gasteiger partial charge < -0.3 is 4.74 Å². The summed E-state index contributed by atoms with van der Waals surface area (Å²) in [6, 6.07) is 0. The molecule has 5 nitrogen and oxygen atoms in total. The summed E-state index contributed by atoms with van der Waals surface area (Å²) in [5.74, 6) is -0.480. The fraction of sp³-hybridized carbons (Fsp3) is 0.143. The maximum absolute atomic E-state index is 11.3. The van der Waals surface area contributed by atoms with Gasteiger partial charge in [0.15, 0.2) is 18.7 Å². The van der Waals surface area contributed by atoms with Crippen LogP contribution in [0.2, 0.25) is 5.15 Å². The first-order valence-electron chi connectivity index (χ1n) is 3.90. The molecule has 0 aromatic carbocycles. The Morgan fingerprint density at radius 1 is 1.56 bits per heavy atom. The molecule has 0 spiro atoms. The third-order valence-electron chi connectivity index (χ3n) is 1.45. The number of hydrogen-bond donors (Lipinski definition) is 0. The molecular formula is C7H4ClN3O2S3. The monoisotopic (exact) mass is 293 g/mol. The fourth-order valence-corrected chi connectivity index (χ4v) is 3.81. The van der Waals surface area contributed by atoms with Crippen LogP contribution in [-0.2, 0) is 4.74 Å². The molecule has 0 fully saturated rings. The molecule has 0 unspecified atom stereocenters. The standard InChI is InChI=1S/C7H4ClN3O2S3/c1-13-5(12)3-4(8)11-7(14-3)15-6-9-2-10-16-6/h2H,1H3. The lowest BCUT2D eigenvalue weighted by Crippen LogP contribution is -1.98. The van der Waals surface area contributed by atoms with Crippen LogP contribution in [0.25, 0.3) is 0 Å². The molecule has 2 aromatic rings. The summed E-state index contributed by atoms with van der Waals surface area (Å²) in [4.78, 5) is 19.6. The van der Waals surface area contributed by atoms with Crippen molar-refractivity contribution in [3.63, 3.8) is 0 Å². The lowest BCUT2D eigenvalue weighted by atomic mass is 10.6. The van der Waals surface area contributed by atoms with Gasteiger partial charge in [0.2, 0.25) is 0 Å². The molecule has 9 heteroatoms. The number of aromatic nitrogens is 3. The van der Waals surface area contributed by atoms with Gasteiger partial charge in [0, 0.05) is 0 Å². The predicted molar refractivity (Wildman–Crippen MR) is 62.5 cm³/mol. The van der Waals surface area contributed by atoms with Crippen molar-refractivity contribution in [1.82, 2.24) is 14.3 Å². The Morgan fingerprint density at radius 3 is 3.00 bits per heavy atom. The van der Waals surface area contributed by atoms with E-state index in [2.05, 4.69) is 19.1 Å². The van der Waals surface area contributed by atoms with Crippen LogP contribution in [0.5, 0.6) is 0 Å². The Kier molecular flexibility index (Phi) is 3.74. The molecule has 16 heavy (non-hydrogen) atoms. The first-order chi connectivity index (χ1) is 7.70. The third-order valence-corrected chi connectivity index (χ3v) is 4.65. The molecule has 0 aliphatic carbocycles. The van der Waals surface area contributed by atoms with E-state index < -0.39 is 5.97 Å². The van der Waals surface area contributed by atoms with Crippen LogP contribution in [0.4, 0.5) is 0 Å². The quantitative estimate of drug-likeness (QED) is 0.811. The van der Waals surface area contributed by atoms with Gasteiger partial charge in [0.25, 0.3) is 0 Å². The Hall–Kier alpha value is -0.700. The van der Waals surface area contributed by atoms with Crippen molar-refractivity contribution in [3.8, 4) is 0 Å². The van der Waals surface area contributed by atoms with Crippen molar-refractivity contribution >= 4 is 52.2 Å².